The number of carbonyl (C=O) groups excluding carboxylic acids is 2. The molecule has 8 heteroatoms. The quantitative estimate of drug-likeness (QED) is 0.838. The van der Waals surface area contributed by atoms with Crippen LogP contribution in [0.2, 0.25) is 5.02 Å². The second-order valence-electron chi connectivity index (χ2n) is 7.02. The second-order valence-corrected chi connectivity index (χ2v) is 8.43. The van der Waals surface area contributed by atoms with Crippen molar-refractivity contribution < 1.29 is 9.59 Å². The molecule has 0 saturated carbocycles. The van der Waals surface area contributed by atoms with Crippen molar-refractivity contribution in [3.05, 3.63) is 34.3 Å². The number of nitrogens with one attached hydrogen (secondary N) is 1. The number of rotatable bonds is 5. The Morgan fingerprint density at radius 3 is 2.69 bits per heavy atom. The Balaban J connectivity index is 1.66. The Labute approximate surface area is 161 Å². The Kier molecular flexibility index (Phi) is 5.29. The average Bonchev–Trinajstić information content (AvgIpc) is 3.23. The van der Waals surface area contributed by atoms with Crippen LogP contribution in [0.4, 0.5) is 10.8 Å². The van der Waals surface area contributed by atoms with Gasteiger partial charge in [-0.15, -0.1) is 10.2 Å². The molecule has 1 N–H and O–H groups in total. The number of hydrogen-bond acceptors (Lipinski definition) is 5. The molecule has 0 bridgehead atoms. The van der Waals surface area contributed by atoms with Crippen LogP contribution in [0.25, 0.3) is 0 Å². The maximum absolute atomic E-state index is 12.5. The highest BCUT2D eigenvalue weighted by atomic mass is 35.5. The summed E-state index contributed by atoms with van der Waals surface area (Å²) >= 11 is 7.27. The number of nitrogens with zero attached hydrogens (tertiary/aromatic N) is 3. The molecule has 26 heavy (non-hydrogen) atoms. The van der Waals surface area contributed by atoms with E-state index in [1.807, 2.05) is 0 Å². The van der Waals surface area contributed by atoms with Crippen LogP contribution in [0.5, 0.6) is 0 Å². The zero-order chi connectivity index (χ0) is 18.9. The number of amides is 2. The minimum Gasteiger partial charge on any atom is -0.312 e. The molecule has 6 nitrogen and oxygen atoms in total. The van der Waals surface area contributed by atoms with Crippen molar-refractivity contribution in [1.82, 2.24) is 10.2 Å². The van der Waals surface area contributed by atoms with Gasteiger partial charge in [0.1, 0.15) is 5.01 Å². The highest BCUT2D eigenvalue weighted by Crippen LogP contribution is 2.32. The van der Waals surface area contributed by atoms with Gasteiger partial charge in [-0.3, -0.25) is 9.59 Å². The highest BCUT2D eigenvalue weighted by molar-refractivity contribution is 7.15. The predicted octanol–water partition coefficient (Wildman–Crippen LogP) is 3.87. The predicted molar refractivity (Wildman–Crippen MR) is 104 cm³/mol. The van der Waals surface area contributed by atoms with Crippen LogP contribution in [0.15, 0.2) is 24.3 Å². The first-order valence-corrected chi connectivity index (χ1v) is 9.70. The van der Waals surface area contributed by atoms with Gasteiger partial charge in [0.15, 0.2) is 0 Å². The van der Waals surface area contributed by atoms with E-state index < -0.39 is 5.92 Å². The van der Waals surface area contributed by atoms with Crippen molar-refractivity contribution in [2.24, 2.45) is 5.92 Å². The molecule has 0 radical (unpaired) electrons. The van der Waals surface area contributed by atoms with E-state index in [0.29, 0.717) is 16.7 Å². The zero-order valence-electron chi connectivity index (χ0n) is 15.0. The van der Waals surface area contributed by atoms with Gasteiger partial charge >= 0.3 is 0 Å². The number of hydrogen-bond donors (Lipinski definition) is 1. The molecule has 1 atom stereocenters. The lowest BCUT2D eigenvalue weighted by molar-refractivity contribution is -0.122. The number of carbonyl (C=O) groups is 2. The maximum atomic E-state index is 12.5. The van der Waals surface area contributed by atoms with Crippen LogP contribution < -0.4 is 10.2 Å². The van der Waals surface area contributed by atoms with Crippen LogP contribution in [-0.4, -0.2) is 28.6 Å². The summed E-state index contributed by atoms with van der Waals surface area (Å²) in [6, 6.07) is 7.03. The van der Waals surface area contributed by atoms with E-state index in [1.165, 1.54) is 11.3 Å². The van der Waals surface area contributed by atoms with Gasteiger partial charge in [-0.25, -0.2) is 0 Å². The topological polar surface area (TPSA) is 75.2 Å². The minimum absolute atomic E-state index is 0.0717. The van der Waals surface area contributed by atoms with Gasteiger partial charge in [0.05, 0.1) is 5.92 Å². The molecule has 0 spiro atoms. The largest absolute Gasteiger partial charge is 0.312 e. The van der Waals surface area contributed by atoms with Gasteiger partial charge in [0.2, 0.25) is 16.9 Å². The third-order valence-corrected chi connectivity index (χ3v) is 6.21. The van der Waals surface area contributed by atoms with E-state index in [1.54, 1.807) is 29.2 Å². The summed E-state index contributed by atoms with van der Waals surface area (Å²) in [7, 11) is 0. The molecule has 1 aliphatic rings. The lowest BCUT2D eigenvalue weighted by Gasteiger charge is -2.17. The summed E-state index contributed by atoms with van der Waals surface area (Å²) in [6.45, 7) is 6.63. The van der Waals surface area contributed by atoms with Gasteiger partial charge < -0.3 is 10.2 Å². The van der Waals surface area contributed by atoms with Crippen molar-refractivity contribution in [2.45, 2.75) is 39.0 Å². The van der Waals surface area contributed by atoms with Crippen molar-refractivity contribution in [3.63, 3.8) is 0 Å². The molecule has 1 aromatic carbocycles. The first-order valence-electron chi connectivity index (χ1n) is 8.51. The summed E-state index contributed by atoms with van der Waals surface area (Å²) in [6.07, 6.45) is 1.11. The first-order chi connectivity index (χ1) is 12.3. The van der Waals surface area contributed by atoms with E-state index in [4.69, 9.17) is 11.6 Å². The zero-order valence-corrected chi connectivity index (χ0v) is 16.5. The van der Waals surface area contributed by atoms with Gasteiger partial charge in [-0.2, -0.15) is 0 Å². The van der Waals surface area contributed by atoms with Gasteiger partial charge in [-0.05, 0) is 30.7 Å². The molecule has 1 unspecified atom stereocenters. The molecular weight excluding hydrogens is 372 g/mol. The molecule has 2 heterocycles. The van der Waals surface area contributed by atoms with Crippen LogP contribution >= 0.6 is 22.9 Å². The van der Waals surface area contributed by atoms with Crippen LogP contribution in [0, 0.1) is 5.92 Å². The number of halogens is 1. The molecule has 1 fully saturated rings. The summed E-state index contributed by atoms with van der Waals surface area (Å²) < 4.78 is 0. The highest BCUT2D eigenvalue weighted by Gasteiger charge is 2.35. The number of aromatic nitrogens is 2. The Bertz CT molecular complexity index is 819. The van der Waals surface area contributed by atoms with Crippen molar-refractivity contribution in [1.29, 1.82) is 0 Å². The molecule has 1 aromatic heterocycles. The third-order valence-electron chi connectivity index (χ3n) is 4.75. The van der Waals surface area contributed by atoms with E-state index in [0.717, 1.165) is 17.1 Å². The number of benzene rings is 1. The molecule has 2 amide bonds. The Morgan fingerprint density at radius 2 is 2.04 bits per heavy atom. The summed E-state index contributed by atoms with van der Waals surface area (Å²) in [5, 5.41) is 13.0. The standard InChI is InChI=1S/C18H21ClN4O2S/c1-4-18(2,3)16-21-22-17(26-16)20-15(25)11-9-14(24)23(10-11)13-7-5-12(19)6-8-13/h5-8,11H,4,9-10H2,1-3H3,(H,20,22,25). The van der Waals surface area contributed by atoms with Crippen molar-refractivity contribution in [2.75, 3.05) is 16.8 Å². The SMILES string of the molecule is CCC(C)(C)c1nnc(NC(=O)C2CC(=O)N(c3ccc(Cl)cc3)C2)s1. The number of anilines is 2. The fraction of sp³-hybridized carbons (Fsp3) is 0.444. The Hall–Kier alpha value is -1.99. The monoisotopic (exact) mass is 392 g/mol. The molecular formula is C18H21ClN4O2S. The lowest BCUT2D eigenvalue weighted by atomic mass is 9.91. The second kappa shape index (κ2) is 7.32. The molecule has 0 aliphatic carbocycles. The summed E-state index contributed by atoms with van der Waals surface area (Å²) in [4.78, 5) is 26.5. The van der Waals surface area contributed by atoms with Crippen molar-refractivity contribution >= 4 is 45.6 Å². The molecule has 1 saturated heterocycles. The van der Waals surface area contributed by atoms with Crippen LogP contribution in [0.3, 0.4) is 0 Å². The molecule has 1 aliphatic heterocycles. The van der Waals surface area contributed by atoms with E-state index in [2.05, 4.69) is 36.3 Å². The summed E-state index contributed by atoms with van der Waals surface area (Å²) in [5.74, 6) is -0.686. The minimum atomic E-state index is -0.412. The van der Waals surface area contributed by atoms with Gasteiger partial charge in [0.25, 0.3) is 0 Å². The fourth-order valence-corrected chi connectivity index (χ4v) is 3.70. The van der Waals surface area contributed by atoms with E-state index >= 15 is 0 Å². The Morgan fingerprint density at radius 1 is 1.35 bits per heavy atom. The van der Waals surface area contributed by atoms with Gasteiger partial charge in [0, 0.05) is 29.1 Å². The normalized spacial score (nSPS) is 17.6. The van der Waals surface area contributed by atoms with E-state index in [9.17, 15) is 9.59 Å². The molecule has 3 rings (SSSR count). The van der Waals surface area contributed by atoms with Crippen LogP contribution in [0.1, 0.15) is 38.6 Å². The van der Waals surface area contributed by atoms with Crippen LogP contribution in [-0.2, 0) is 15.0 Å². The summed E-state index contributed by atoms with van der Waals surface area (Å²) in [5.41, 5.74) is 0.674. The molecule has 2 aromatic rings. The average molecular weight is 393 g/mol. The van der Waals surface area contributed by atoms with E-state index in [-0.39, 0.29) is 23.7 Å². The third kappa shape index (κ3) is 3.88. The maximum Gasteiger partial charge on any atom is 0.231 e. The molecule has 138 valence electrons. The van der Waals surface area contributed by atoms with Crippen molar-refractivity contribution in [3.8, 4) is 0 Å². The van der Waals surface area contributed by atoms with Gasteiger partial charge in [-0.1, -0.05) is 43.7 Å². The lowest BCUT2D eigenvalue weighted by Crippen LogP contribution is -2.28. The fourth-order valence-electron chi connectivity index (χ4n) is 2.66. The first kappa shape index (κ1) is 18.8. The smallest absolute Gasteiger partial charge is 0.231 e.